The van der Waals surface area contributed by atoms with E-state index in [1.807, 2.05) is 0 Å². The van der Waals surface area contributed by atoms with E-state index >= 15 is 0 Å². The second-order valence-electron chi connectivity index (χ2n) is 6.34. The average Bonchev–Trinajstić information content (AvgIpc) is 3.10. The van der Waals surface area contributed by atoms with Gasteiger partial charge in [0.15, 0.2) is 11.6 Å². The van der Waals surface area contributed by atoms with Crippen LogP contribution in [0.15, 0.2) is 18.2 Å². The summed E-state index contributed by atoms with van der Waals surface area (Å²) in [6.45, 7) is 4.32. The van der Waals surface area contributed by atoms with Gasteiger partial charge in [-0.15, -0.1) is 0 Å². The van der Waals surface area contributed by atoms with Crippen LogP contribution >= 0.6 is 0 Å². The summed E-state index contributed by atoms with van der Waals surface area (Å²) in [6.07, 6.45) is 3.18. The van der Waals surface area contributed by atoms with Crippen molar-refractivity contribution >= 4 is 5.91 Å². The van der Waals surface area contributed by atoms with Gasteiger partial charge in [0.25, 0.3) is 5.91 Å². The Bertz CT molecular complexity index is 554. The number of likely N-dealkylation sites (tertiary alicyclic amines) is 1. The van der Waals surface area contributed by atoms with E-state index in [4.69, 9.17) is 4.74 Å². The Hall–Kier alpha value is -1.53. The number of carbonyl (C=O) groups is 1. The molecular formula is C17H22F2N2O2. The Morgan fingerprint density at radius 1 is 1.22 bits per heavy atom. The normalized spacial score (nSPS) is 23.1. The molecule has 2 aliphatic heterocycles. The van der Waals surface area contributed by atoms with Gasteiger partial charge in [0.1, 0.15) is 0 Å². The van der Waals surface area contributed by atoms with E-state index in [-0.39, 0.29) is 11.5 Å². The maximum absolute atomic E-state index is 13.2. The minimum atomic E-state index is -0.996. The predicted molar refractivity (Wildman–Crippen MR) is 82.2 cm³/mol. The second kappa shape index (κ2) is 7.36. The molecule has 0 aliphatic carbocycles. The molecule has 0 radical (unpaired) electrons. The molecule has 3 rings (SSSR count). The number of piperidine rings is 1. The molecule has 4 nitrogen and oxygen atoms in total. The number of carbonyl (C=O) groups excluding carboxylic acids is 1. The first kappa shape index (κ1) is 16.3. The van der Waals surface area contributed by atoms with Crippen LogP contribution in [0, 0.1) is 17.6 Å². The van der Waals surface area contributed by atoms with Gasteiger partial charge in [-0.25, -0.2) is 8.78 Å². The summed E-state index contributed by atoms with van der Waals surface area (Å²) in [6, 6.07) is 3.77. The first-order valence-corrected chi connectivity index (χ1v) is 8.18. The lowest BCUT2D eigenvalue weighted by atomic mass is 9.95. The smallest absolute Gasteiger partial charge is 0.251 e. The molecule has 1 aromatic carbocycles. The fraction of sp³-hybridized carbons (Fsp3) is 0.588. The van der Waals surface area contributed by atoms with Crippen LogP contribution in [0.25, 0.3) is 0 Å². The topological polar surface area (TPSA) is 41.6 Å². The maximum Gasteiger partial charge on any atom is 0.251 e. The fourth-order valence-corrected chi connectivity index (χ4v) is 3.31. The van der Waals surface area contributed by atoms with Gasteiger partial charge in [0.05, 0.1) is 6.61 Å². The van der Waals surface area contributed by atoms with E-state index in [0.717, 1.165) is 57.7 Å². The van der Waals surface area contributed by atoms with Crippen LogP contribution in [-0.2, 0) is 4.74 Å². The van der Waals surface area contributed by atoms with Crippen molar-refractivity contribution in [3.63, 3.8) is 0 Å². The summed E-state index contributed by atoms with van der Waals surface area (Å²) in [4.78, 5) is 14.5. The number of halogens is 2. The van der Waals surface area contributed by atoms with E-state index in [0.29, 0.717) is 18.5 Å². The summed E-state index contributed by atoms with van der Waals surface area (Å²) in [5, 5.41) is 2.83. The van der Waals surface area contributed by atoms with E-state index in [1.54, 1.807) is 0 Å². The van der Waals surface area contributed by atoms with Gasteiger partial charge in [-0.2, -0.15) is 0 Å². The molecule has 0 aromatic heterocycles. The molecule has 6 heteroatoms. The van der Waals surface area contributed by atoms with Crippen LogP contribution in [0.3, 0.4) is 0 Å². The Morgan fingerprint density at radius 2 is 2.00 bits per heavy atom. The Balaban J connectivity index is 1.44. The number of rotatable bonds is 4. The number of nitrogens with zero attached hydrogens (tertiary/aromatic N) is 1. The Kier molecular flexibility index (Phi) is 5.23. The van der Waals surface area contributed by atoms with E-state index in [9.17, 15) is 13.6 Å². The molecule has 2 fully saturated rings. The monoisotopic (exact) mass is 324 g/mol. The third-order valence-electron chi connectivity index (χ3n) is 4.80. The second-order valence-corrected chi connectivity index (χ2v) is 6.34. The average molecular weight is 324 g/mol. The number of ether oxygens (including phenoxy) is 1. The third-order valence-corrected chi connectivity index (χ3v) is 4.80. The molecule has 1 amide bonds. The van der Waals surface area contributed by atoms with Gasteiger partial charge < -0.3 is 10.1 Å². The van der Waals surface area contributed by atoms with E-state index in [1.165, 1.54) is 6.07 Å². The number of amides is 1. The molecule has 2 saturated heterocycles. The molecule has 0 saturated carbocycles. The fourth-order valence-electron chi connectivity index (χ4n) is 3.31. The molecule has 0 unspecified atom stereocenters. The lowest BCUT2D eigenvalue weighted by Gasteiger charge is -2.35. The van der Waals surface area contributed by atoms with Crippen LogP contribution in [0.5, 0.6) is 0 Å². The van der Waals surface area contributed by atoms with Gasteiger partial charge in [-0.05, 0) is 56.5 Å². The summed E-state index contributed by atoms with van der Waals surface area (Å²) in [7, 11) is 0. The first-order chi connectivity index (χ1) is 11.1. The van der Waals surface area contributed by atoms with Crippen molar-refractivity contribution < 1.29 is 18.3 Å². The van der Waals surface area contributed by atoms with Crippen LogP contribution in [-0.4, -0.2) is 49.7 Å². The molecule has 126 valence electrons. The van der Waals surface area contributed by atoms with E-state index in [2.05, 4.69) is 10.2 Å². The van der Waals surface area contributed by atoms with Gasteiger partial charge in [-0.3, -0.25) is 9.69 Å². The molecule has 0 spiro atoms. The van der Waals surface area contributed by atoms with Gasteiger partial charge in [0.2, 0.25) is 0 Å². The predicted octanol–water partition coefficient (Wildman–Crippen LogP) is 2.20. The van der Waals surface area contributed by atoms with Crippen molar-refractivity contribution in [3.8, 4) is 0 Å². The summed E-state index contributed by atoms with van der Waals surface area (Å²) in [5.74, 6) is -1.85. The van der Waals surface area contributed by atoms with Crippen LogP contribution in [0.4, 0.5) is 8.78 Å². The zero-order chi connectivity index (χ0) is 16.2. The van der Waals surface area contributed by atoms with Crippen molar-refractivity contribution in [2.75, 3.05) is 32.8 Å². The van der Waals surface area contributed by atoms with Gasteiger partial charge in [0, 0.05) is 24.8 Å². The summed E-state index contributed by atoms with van der Waals surface area (Å²) in [5.41, 5.74) is 0.157. The van der Waals surface area contributed by atoms with Crippen molar-refractivity contribution in [1.29, 1.82) is 0 Å². The van der Waals surface area contributed by atoms with Gasteiger partial charge in [-0.1, -0.05) is 0 Å². The van der Waals surface area contributed by atoms with Crippen molar-refractivity contribution in [1.82, 2.24) is 10.2 Å². The molecule has 0 bridgehead atoms. The summed E-state index contributed by atoms with van der Waals surface area (Å²) >= 11 is 0. The number of benzene rings is 1. The molecule has 2 heterocycles. The molecule has 1 atom stereocenters. The third kappa shape index (κ3) is 4.06. The minimum Gasteiger partial charge on any atom is -0.380 e. The van der Waals surface area contributed by atoms with Crippen molar-refractivity contribution in [3.05, 3.63) is 35.4 Å². The standard InChI is InChI=1S/C17H22F2N2O2/c18-15-2-1-13(9-16(15)19)17(22)20-10-12-3-6-21(7-4-12)14-5-8-23-11-14/h1-2,9,12,14H,3-8,10-11H2,(H,20,22)/t14-/m0/s1. The lowest BCUT2D eigenvalue weighted by molar-refractivity contribution is 0.0910. The molecule has 1 aromatic rings. The number of nitrogens with one attached hydrogen (secondary N) is 1. The minimum absolute atomic E-state index is 0.157. The first-order valence-electron chi connectivity index (χ1n) is 8.18. The molecule has 23 heavy (non-hydrogen) atoms. The highest BCUT2D eigenvalue weighted by Gasteiger charge is 2.27. The largest absolute Gasteiger partial charge is 0.380 e. The van der Waals surface area contributed by atoms with Crippen LogP contribution in [0.2, 0.25) is 0 Å². The Morgan fingerprint density at radius 3 is 2.65 bits per heavy atom. The lowest BCUT2D eigenvalue weighted by Crippen LogP contribution is -2.43. The number of hydrogen-bond acceptors (Lipinski definition) is 3. The SMILES string of the molecule is O=C(NCC1CCN([C@H]2CCOC2)CC1)c1ccc(F)c(F)c1. The quantitative estimate of drug-likeness (QED) is 0.923. The summed E-state index contributed by atoms with van der Waals surface area (Å²) < 4.78 is 31.5. The van der Waals surface area contributed by atoms with E-state index < -0.39 is 11.6 Å². The highest BCUT2D eigenvalue weighted by Crippen LogP contribution is 2.22. The molecular weight excluding hydrogens is 302 g/mol. The van der Waals surface area contributed by atoms with Crippen molar-refractivity contribution in [2.45, 2.75) is 25.3 Å². The van der Waals surface area contributed by atoms with Crippen molar-refractivity contribution in [2.24, 2.45) is 5.92 Å². The molecule has 2 aliphatic rings. The number of hydrogen-bond donors (Lipinski definition) is 1. The zero-order valence-corrected chi connectivity index (χ0v) is 13.1. The Labute approximate surface area is 134 Å². The van der Waals surface area contributed by atoms with Crippen LogP contribution in [0.1, 0.15) is 29.6 Å². The molecule has 1 N–H and O–H groups in total. The highest BCUT2D eigenvalue weighted by atomic mass is 19.2. The highest BCUT2D eigenvalue weighted by molar-refractivity contribution is 5.94. The zero-order valence-electron chi connectivity index (χ0n) is 13.1. The maximum atomic E-state index is 13.2. The van der Waals surface area contributed by atoms with Gasteiger partial charge >= 0.3 is 0 Å². The van der Waals surface area contributed by atoms with Crippen LogP contribution < -0.4 is 5.32 Å².